The molecule has 1 aromatic heterocycles. The molecule has 2 rings (SSSR count). The number of fused-ring (bicyclic) bond motifs is 1. The minimum atomic E-state index is 0. The summed E-state index contributed by atoms with van der Waals surface area (Å²) >= 11 is 1.75. The van der Waals surface area contributed by atoms with E-state index < -0.39 is 0 Å². The van der Waals surface area contributed by atoms with Crippen LogP contribution in [-0.2, 0) is 0 Å². The van der Waals surface area contributed by atoms with Gasteiger partial charge in [-0.05, 0) is 32.3 Å². The third-order valence-electron chi connectivity index (χ3n) is 2.63. The first-order valence-corrected chi connectivity index (χ1v) is 6.05. The zero-order chi connectivity index (χ0) is 9.97. The van der Waals surface area contributed by atoms with Gasteiger partial charge >= 0.3 is 0 Å². The van der Waals surface area contributed by atoms with Gasteiger partial charge in [-0.3, -0.25) is 0 Å². The lowest BCUT2D eigenvalue weighted by atomic mass is 9.97. The monoisotopic (exact) mass is 247 g/mol. The largest absolute Gasteiger partial charge is 0.492 e. The van der Waals surface area contributed by atoms with Crippen LogP contribution in [0.25, 0.3) is 0 Å². The molecule has 0 saturated carbocycles. The number of ether oxygens (including phenoxy) is 1. The molecule has 0 aliphatic carbocycles. The molecular weight excluding hydrogens is 230 g/mol. The fourth-order valence-corrected chi connectivity index (χ4v) is 2.86. The molecule has 2 nitrogen and oxygen atoms in total. The summed E-state index contributed by atoms with van der Waals surface area (Å²) in [6, 6.07) is 0. The number of hydrogen-bond donors (Lipinski definition) is 0. The fraction of sp³-hybridized carbons (Fsp3) is 0.636. The second-order valence-electron chi connectivity index (χ2n) is 4.14. The molecule has 2 heterocycles. The molecule has 0 fully saturated rings. The molecule has 0 N–H and O–H groups in total. The second-order valence-corrected chi connectivity index (χ2v) is 4.88. The molecule has 1 aromatic rings. The lowest BCUT2D eigenvalue weighted by Crippen LogP contribution is -2.19. The molecule has 0 saturated heterocycles. The summed E-state index contributed by atoms with van der Waals surface area (Å²) < 4.78 is 5.69. The van der Waals surface area contributed by atoms with Crippen molar-refractivity contribution in [1.82, 2.24) is 4.90 Å². The Bertz CT molecular complexity index is 301. The van der Waals surface area contributed by atoms with Crippen molar-refractivity contribution in [2.24, 2.45) is 0 Å². The topological polar surface area (TPSA) is 12.5 Å². The highest BCUT2D eigenvalue weighted by Gasteiger charge is 2.20. The number of likely N-dealkylation sites (N-methyl/N-ethyl adjacent to an activating group) is 1. The second kappa shape index (κ2) is 5.73. The Morgan fingerprint density at radius 3 is 3.00 bits per heavy atom. The third-order valence-corrected chi connectivity index (χ3v) is 3.37. The molecule has 15 heavy (non-hydrogen) atoms. The number of rotatable bonds is 2. The number of halogens is 1. The zero-order valence-corrected chi connectivity index (χ0v) is 10.9. The fourth-order valence-electron chi connectivity index (χ4n) is 2.01. The maximum atomic E-state index is 5.69. The van der Waals surface area contributed by atoms with E-state index in [2.05, 4.69) is 29.8 Å². The Kier molecular flexibility index (Phi) is 4.90. The first-order chi connectivity index (χ1) is 6.77. The van der Waals surface area contributed by atoms with Crippen molar-refractivity contribution in [3.63, 3.8) is 0 Å². The molecule has 0 radical (unpaired) electrons. The smallest absolute Gasteiger partial charge is 0.133 e. The third kappa shape index (κ3) is 3.10. The molecule has 1 atom stereocenters. The summed E-state index contributed by atoms with van der Waals surface area (Å²) in [4.78, 5) is 2.26. The molecular formula is C11H18ClNOS. The van der Waals surface area contributed by atoms with Gasteiger partial charge in [0.25, 0.3) is 0 Å². The van der Waals surface area contributed by atoms with Crippen LogP contribution in [-0.4, -0.2) is 32.1 Å². The van der Waals surface area contributed by atoms with E-state index in [9.17, 15) is 0 Å². The normalized spacial score (nSPS) is 20.1. The van der Waals surface area contributed by atoms with Gasteiger partial charge in [0, 0.05) is 23.4 Å². The quantitative estimate of drug-likeness (QED) is 0.797. The molecule has 0 spiro atoms. The number of hydrogen-bond acceptors (Lipinski definition) is 3. The number of thiophene rings is 1. The summed E-state index contributed by atoms with van der Waals surface area (Å²) in [7, 11) is 4.27. The molecule has 4 heteroatoms. The van der Waals surface area contributed by atoms with E-state index in [1.807, 2.05) is 0 Å². The van der Waals surface area contributed by atoms with Crippen LogP contribution in [0.5, 0.6) is 5.75 Å². The molecule has 1 aliphatic rings. The van der Waals surface area contributed by atoms with Gasteiger partial charge in [-0.25, -0.2) is 0 Å². The summed E-state index contributed by atoms with van der Waals surface area (Å²) in [5.41, 5.74) is 1.42. The molecule has 86 valence electrons. The summed E-state index contributed by atoms with van der Waals surface area (Å²) in [5, 5.41) is 4.37. The van der Waals surface area contributed by atoms with Crippen LogP contribution in [0.4, 0.5) is 0 Å². The van der Waals surface area contributed by atoms with Crippen molar-refractivity contribution in [3.05, 3.63) is 16.3 Å². The average molecular weight is 248 g/mol. The lowest BCUT2D eigenvalue weighted by molar-refractivity contribution is 0.314. The van der Waals surface area contributed by atoms with Crippen LogP contribution in [0.2, 0.25) is 0 Å². The van der Waals surface area contributed by atoms with Gasteiger partial charge < -0.3 is 9.64 Å². The van der Waals surface area contributed by atoms with E-state index in [1.54, 1.807) is 11.3 Å². The summed E-state index contributed by atoms with van der Waals surface area (Å²) in [6.07, 6.45) is 2.43. The van der Waals surface area contributed by atoms with E-state index >= 15 is 0 Å². The van der Waals surface area contributed by atoms with Gasteiger partial charge in [0.2, 0.25) is 0 Å². The SMILES string of the molecule is CN(C)CC1CCCOc2cscc21.Cl. The van der Waals surface area contributed by atoms with Crippen molar-refractivity contribution in [2.45, 2.75) is 18.8 Å². The Morgan fingerprint density at radius 1 is 1.47 bits per heavy atom. The molecule has 1 aliphatic heterocycles. The van der Waals surface area contributed by atoms with E-state index in [-0.39, 0.29) is 12.4 Å². The van der Waals surface area contributed by atoms with Crippen molar-refractivity contribution in [2.75, 3.05) is 27.2 Å². The van der Waals surface area contributed by atoms with Crippen LogP contribution in [0.1, 0.15) is 24.3 Å². The predicted octanol–water partition coefficient (Wildman–Crippen LogP) is 2.99. The zero-order valence-electron chi connectivity index (χ0n) is 9.23. The molecule has 0 bridgehead atoms. The Hall–Kier alpha value is -0.250. The first kappa shape index (κ1) is 12.8. The average Bonchev–Trinajstić information content (AvgIpc) is 2.51. The van der Waals surface area contributed by atoms with Gasteiger partial charge in [-0.2, -0.15) is 0 Å². The standard InChI is InChI=1S/C11H17NOS.ClH/c1-12(2)6-9-4-3-5-13-11-8-14-7-10(9)11;/h7-9H,3-6H2,1-2H3;1H. The van der Waals surface area contributed by atoms with Gasteiger partial charge in [0.15, 0.2) is 0 Å². The highest BCUT2D eigenvalue weighted by atomic mass is 35.5. The van der Waals surface area contributed by atoms with Crippen molar-refractivity contribution in [1.29, 1.82) is 0 Å². The van der Waals surface area contributed by atoms with E-state index in [1.165, 1.54) is 18.4 Å². The van der Waals surface area contributed by atoms with Crippen LogP contribution < -0.4 is 4.74 Å². The maximum absolute atomic E-state index is 5.69. The molecule has 1 unspecified atom stereocenters. The Morgan fingerprint density at radius 2 is 2.27 bits per heavy atom. The highest BCUT2D eigenvalue weighted by molar-refractivity contribution is 7.08. The highest BCUT2D eigenvalue weighted by Crippen LogP contribution is 2.36. The van der Waals surface area contributed by atoms with Crippen LogP contribution in [0.15, 0.2) is 10.8 Å². The van der Waals surface area contributed by atoms with Crippen molar-refractivity contribution in [3.8, 4) is 5.75 Å². The van der Waals surface area contributed by atoms with Gasteiger partial charge in [-0.1, -0.05) is 0 Å². The summed E-state index contributed by atoms with van der Waals surface area (Å²) in [5.74, 6) is 1.79. The van der Waals surface area contributed by atoms with Crippen LogP contribution in [0, 0.1) is 0 Å². The Balaban J connectivity index is 0.00000112. The predicted molar refractivity (Wildman–Crippen MR) is 67.6 cm³/mol. The summed E-state index contributed by atoms with van der Waals surface area (Å²) in [6.45, 7) is 2.01. The van der Waals surface area contributed by atoms with E-state index in [0.717, 1.165) is 18.9 Å². The van der Waals surface area contributed by atoms with Crippen LogP contribution >= 0.6 is 23.7 Å². The number of nitrogens with zero attached hydrogens (tertiary/aromatic N) is 1. The molecule has 0 amide bonds. The minimum absolute atomic E-state index is 0. The van der Waals surface area contributed by atoms with Crippen molar-refractivity contribution >= 4 is 23.7 Å². The van der Waals surface area contributed by atoms with Gasteiger partial charge in [-0.15, -0.1) is 23.7 Å². The maximum Gasteiger partial charge on any atom is 0.133 e. The van der Waals surface area contributed by atoms with Gasteiger partial charge in [0.05, 0.1) is 6.61 Å². The Labute approximate surface area is 102 Å². The van der Waals surface area contributed by atoms with E-state index in [4.69, 9.17) is 4.74 Å². The minimum Gasteiger partial charge on any atom is -0.492 e. The molecule has 0 aromatic carbocycles. The van der Waals surface area contributed by atoms with Crippen LogP contribution in [0.3, 0.4) is 0 Å². The lowest BCUT2D eigenvalue weighted by Gasteiger charge is -2.18. The van der Waals surface area contributed by atoms with Crippen molar-refractivity contribution < 1.29 is 4.74 Å². The van der Waals surface area contributed by atoms with Gasteiger partial charge in [0.1, 0.15) is 5.75 Å². The van der Waals surface area contributed by atoms with E-state index in [0.29, 0.717) is 5.92 Å². The first-order valence-electron chi connectivity index (χ1n) is 5.11.